The Kier molecular flexibility index (Phi) is 7.27. The molecule has 0 aliphatic carbocycles. The highest BCUT2D eigenvalue weighted by atomic mass is 79.9. The first-order valence-electron chi connectivity index (χ1n) is 8.92. The van der Waals surface area contributed by atoms with Crippen LogP contribution in [0.15, 0.2) is 83.0 Å². The largest absolute Gasteiger partial charge is 0.477 e. The van der Waals surface area contributed by atoms with Crippen LogP contribution >= 0.6 is 27.5 Å². The summed E-state index contributed by atoms with van der Waals surface area (Å²) < 4.78 is 6.62. The average molecular weight is 487 g/mol. The van der Waals surface area contributed by atoms with E-state index in [-0.39, 0.29) is 12.1 Å². The van der Waals surface area contributed by atoms with Crippen LogP contribution in [0, 0.1) is 0 Å². The molecule has 0 aliphatic heterocycles. The number of rotatable bonds is 7. The molecule has 3 aromatic rings. The Labute approximate surface area is 187 Å². The number of nitrogens with one attached hydrogen (secondary N) is 1. The molecule has 3 aromatic carbocycles. The van der Waals surface area contributed by atoms with E-state index in [9.17, 15) is 14.7 Å². The molecule has 0 heterocycles. The predicted molar refractivity (Wildman–Crippen MR) is 120 cm³/mol. The number of carboxylic acid groups (broad SMARTS) is 1. The molecule has 0 aromatic heterocycles. The number of para-hydroxylation sites is 1. The zero-order valence-corrected chi connectivity index (χ0v) is 18.0. The smallest absolute Gasteiger partial charge is 0.352 e. The molecule has 7 heteroatoms. The van der Waals surface area contributed by atoms with Crippen LogP contribution < -0.4 is 10.1 Å². The Balaban J connectivity index is 1.69. The second-order valence-electron chi connectivity index (χ2n) is 6.32. The maximum absolute atomic E-state index is 12.2. The van der Waals surface area contributed by atoms with Crippen LogP contribution in [0.25, 0.3) is 6.08 Å². The highest BCUT2D eigenvalue weighted by molar-refractivity contribution is 9.10. The highest BCUT2D eigenvalue weighted by Crippen LogP contribution is 2.29. The van der Waals surface area contributed by atoms with Crippen LogP contribution in [0.5, 0.6) is 11.5 Å². The number of amides is 1. The van der Waals surface area contributed by atoms with E-state index in [1.54, 1.807) is 48.5 Å². The molecule has 5 nitrogen and oxygen atoms in total. The quantitative estimate of drug-likeness (QED) is 0.421. The molecule has 3 rings (SSSR count). The minimum atomic E-state index is -1.23. The van der Waals surface area contributed by atoms with E-state index in [0.29, 0.717) is 27.6 Å². The van der Waals surface area contributed by atoms with Gasteiger partial charge in [0.2, 0.25) is 5.91 Å². The molecule has 0 spiro atoms. The fourth-order valence-corrected chi connectivity index (χ4v) is 3.21. The maximum Gasteiger partial charge on any atom is 0.352 e. The zero-order chi connectivity index (χ0) is 21.5. The molecular weight excluding hydrogens is 470 g/mol. The molecule has 1 amide bonds. The van der Waals surface area contributed by atoms with Gasteiger partial charge in [0.05, 0.1) is 10.9 Å². The van der Waals surface area contributed by atoms with E-state index < -0.39 is 11.9 Å². The van der Waals surface area contributed by atoms with Crippen molar-refractivity contribution in [1.82, 2.24) is 5.32 Å². The lowest BCUT2D eigenvalue weighted by molar-refractivity contribution is -0.134. The Bertz CT molecular complexity index is 1100. The number of benzene rings is 3. The van der Waals surface area contributed by atoms with Gasteiger partial charge in [-0.25, -0.2) is 4.79 Å². The van der Waals surface area contributed by atoms with Crippen molar-refractivity contribution in [2.24, 2.45) is 0 Å². The molecule has 0 saturated heterocycles. The van der Waals surface area contributed by atoms with Gasteiger partial charge < -0.3 is 15.2 Å². The third-order valence-electron chi connectivity index (χ3n) is 4.01. The van der Waals surface area contributed by atoms with Gasteiger partial charge in [0.1, 0.15) is 17.2 Å². The van der Waals surface area contributed by atoms with Gasteiger partial charge in [-0.05, 0) is 69.5 Å². The lowest BCUT2D eigenvalue weighted by Gasteiger charge is -2.09. The van der Waals surface area contributed by atoms with Crippen LogP contribution in [0.3, 0.4) is 0 Å². The monoisotopic (exact) mass is 485 g/mol. The minimum Gasteiger partial charge on any atom is -0.477 e. The minimum absolute atomic E-state index is 0.0178. The van der Waals surface area contributed by atoms with Crippen molar-refractivity contribution in [3.63, 3.8) is 0 Å². The van der Waals surface area contributed by atoms with Crippen molar-refractivity contribution < 1.29 is 19.4 Å². The summed E-state index contributed by atoms with van der Waals surface area (Å²) in [6, 6.07) is 21.2. The summed E-state index contributed by atoms with van der Waals surface area (Å²) in [6.07, 6.45) is 1.41. The molecule has 2 N–H and O–H groups in total. The molecule has 0 radical (unpaired) electrons. The number of hydrogen-bond acceptors (Lipinski definition) is 3. The van der Waals surface area contributed by atoms with Gasteiger partial charge in [0.25, 0.3) is 0 Å². The lowest BCUT2D eigenvalue weighted by Crippen LogP contribution is -2.28. The van der Waals surface area contributed by atoms with Crippen LogP contribution in [0.4, 0.5) is 0 Å². The van der Waals surface area contributed by atoms with Gasteiger partial charge in [-0.15, -0.1) is 0 Å². The number of carbonyl (C=O) groups is 2. The Hall–Kier alpha value is -3.09. The molecule has 0 atom stereocenters. The van der Waals surface area contributed by atoms with E-state index in [1.165, 1.54) is 6.08 Å². The molecule has 0 unspecified atom stereocenters. The summed E-state index contributed by atoms with van der Waals surface area (Å²) in [4.78, 5) is 23.8. The molecule has 0 aliphatic rings. The van der Waals surface area contributed by atoms with Gasteiger partial charge >= 0.3 is 5.97 Å². The Morgan fingerprint density at radius 2 is 1.77 bits per heavy atom. The van der Waals surface area contributed by atoms with E-state index in [4.69, 9.17) is 16.3 Å². The molecule has 0 fully saturated rings. The first kappa shape index (κ1) is 21.6. The maximum atomic E-state index is 12.2. The van der Waals surface area contributed by atoms with E-state index >= 15 is 0 Å². The van der Waals surface area contributed by atoms with Crippen LogP contribution in [0.2, 0.25) is 5.02 Å². The van der Waals surface area contributed by atoms with Gasteiger partial charge in [-0.3, -0.25) is 4.79 Å². The summed E-state index contributed by atoms with van der Waals surface area (Å²) in [7, 11) is 0. The van der Waals surface area contributed by atoms with Crippen molar-refractivity contribution in [3.05, 3.63) is 99.1 Å². The van der Waals surface area contributed by atoms with Crippen LogP contribution in [-0.2, 0) is 16.0 Å². The third kappa shape index (κ3) is 6.20. The number of ether oxygens (including phenoxy) is 1. The Morgan fingerprint density at radius 1 is 1.03 bits per heavy atom. The van der Waals surface area contributed by atoms with Crippen molar-refractivity contribution in [2.45, 2.75) is 6.42 Å². The normalized spacial score (nSPS) is 11.1. The fourth-order valence-electron chi connectivity index (χ4n) is 2.63. The third-order valence-corrected chi connectivity index (χ3v) is 4.90. The second kappa shape index (κ2) is 10.1. The van der Waals surface area contributed by atoms with Crippen molar-refractivity contribution >= 4 is 45.5 Å². The zero-order valence-electron chi connectivity index (χ0n) is 15.6. The number of carbonyl (C=O) groups excluding carboxylic acids is 1. The Morgan fingerprint density at radius 3 is 2.43 bits per heavy atom. The predicted octanol–water partition coefficient (Wildman–Crippen LogP) is 5.68. The van der Waals surface area contributed by atoms with Gasteiger partial charge in [0.15, 0.2) is 0 Å². The topological polar surface area (TPSA) is 75.6 Å². The fraction of sp³-hybridized carbons (Fsp3) is 0.0435. The number of hydrogen-bond donors (Lipinski definition) is 2. The summed E-state index contributed by atoms with van der Waals surface area (Å²) in [5.74, 6) is -0.413. The SMILES string of the molecule is O=C(Cc1cccc(Cl)c1)N/C(=C/c1ccc(Oc2ccccc2Br)cc1)C(=O)O. The number of carboxylic acids is 1. The van der Waals surface area contributed by atoms with Gasteiger partial charge in [0, 0.05) is 5.02 Å². The van der Waals surface area contributed by atoms with E-state index in [1.807, 2.05) is 24.3 Å². The molecular formula is C23H17BrClNO4. The average Bonchev–Trinajstić information content (AvgIpc) is 2.70. The summed E-state index contributed by atoms with van der Waals surface area (Å²) >= 11 is 9.33. The van der Waals surface area contributed by atoms with Crippen molar-refractivity contribution in [2.75, 3.05) is 0 Å². The van der Waals surface area contributed by atoms with Crippen molar-refractivity contribution in [1.29, 1.82) is 0 Å². The standard InChI is InChI=1S/C23H17BrClNO4/c24-19-6-1-2-7-21(19)30-18-10-8-15(9-11-18)13-20(23(28)29)26-22(27)14-16-4-3-5-17(25)12-16/h1-13H,14H2,(H,26,27)(H,28,29)/b20-13+. The van der Waals surface area contributed by atoms with Crippen LogP contribution in [-0.4, -0.2) is 17.0 Å². The number of halogens is 2. The molecule has 30 heavy (non-hydrogen) atoms. The van der Waals surface area contributed by atoms with Gasteiger partial charge in [-0.1, -0.05) is 48.0 Å². The molecule has 0 saturated carbocycles. The summed E-state index contributed by atoms with van der Waals surface area (Å²) in [6.45, 7) is 0. The highest BCUT2D eigenvalue weighted by Gasteiger charge is 2.13. The molecule has 152 valence electrons. The summed E-state index contributed by atoms with van der Waals surface area (Å²) in [5, 5.41) is 12.4. The second-order valence-corrected chi connectivity index (χ2v) is 7.61. The first-order valence-corrected chi connectivity index (χ1v) is 10.1. The van der Waals surface area contributed by atoms with Crippen LogP contribution in [0.1, 0.15) is 11.1 Å². The lowest BCUT2D eigenvalue weighted by atomic mass is 10.1. The summed E-state index contributed by atoms with van der Waals surface area (Å²) in [5.41, 5.74) is 1.08. The van der Waals surface area contributed by atoms with E-state index in [2.05, 4.69) is 21.2 Å². The molecule has 0 bridgehead atoms. The van der Waals surface area contributed by atoms with Crippen molar-refractivity contribution in [3.8, 4) is 11.5 Å². The first-order chi connectivity index (χ1) is 14.4. The van der Waals surface area contributed by atoms with E-state index in [0.717, 1.165) is 4.47 Å². The van der Waals surface area contributed by atoms with Gasteiger partial charge in [-0.2, -0.15) is 0 Å². The number of aliphatic carboxylic acids is 1.